The molecule has 2 fully saturated rings. The normalized spacial score (nSPS) is 38.4. The second-order valence-corrected chi connectivity index (χ2v) is 11.7. The van der Waals surface area contributed by atoms with Crippen LogP contribution in [-0.2, 0) is 0 Å². The number of fused-ring (bicyclic) bond motifs is 3. The van der Waals surface area contributed by atoms with Gasteiger partial charge in [-0.2, -0.15) is 13.2 Å². The van der Waals surface area contributed by atoms with E-state index in [9.17, 15) is 23.4 Å². The summed E-state index contributed by atoms with van der Waals surface area (Å²) in [7, 11) is 0. The summed E-state index contributed by atoms with van der Waals surface area (Å²) in [4.78, 5) is 0. The maximum Gasteiger partial charge on any atom is 0.417 e. The van der Waals surface area contributed by atoms with E-state index in [-0.39, 0.29) is 11.3 Å². The largest absolute Gasteiger partial charge is 0.417 e. The first-order valence-corrected chi connectivity index (χ1v) is 13.2. The molecule has 0 aromatic heterocycles. The third-order valence-electron chi connectivity index (χ3n) is 9.85. The molecule has 0 amide bonds. The van der Waals surface area contributed by atoms with Crippen molar-refractivity contribution >= 4 is 0 Å². The molecule has 33 heavy (non-hydrogen) atoms. The molecule has 0 heterocycles. The van der Waals surface area contributed by atoms with Gasteiger partial charge in [0.25, 0.3) is 0 Å². The second-order valence-electron chi connectivity index (χ2n) is 11.7. The van der Waals surface area contributed by atoms with Crippen LogP contribution in [-0.4, -0.2) is 28.1 Å². The molecule has 2 N–H and O–H groups in total. The number of aliphatic hydroxyl groups is 2. The molecule has 3 unspecified atom stereocenters. The van der Waals surface area contributed by atoms with Crippen LogP contribution in [0.25, 0.3) is 0 Å². The number of rotatable bonds is 8. The monoisotopic (exact) mass is 470 g/mol. The van der Waals surface area contributed by atoms with Crippen LogP contribution < -0.4 is 0 Å². The Bertz CT molecular complexity index is 729. The molecular weight excluding hydrogens is 425 g/mol. The lowest BCUT2D eigenvalue weighted by Crippen LogP contribution is -2.47. The maximum absolute atomic E-state index is 12.7. The third kappa shape index (κ3) is 5.39. The minimum absolute atomic E-state index is 0.0348. The average Bonchev–Trinajstić information content (AvgIpc) is 3.10. The fourth-order valence-electron chi connectivity index (χ4n) is 7.86. The summed E-state index contributed by atoms with van der Waals surface area (Å²) in [6.45, 7) is 10.9. The molecule has 0 radical (unpaired) electrons. The molecule has 0 aromatic rings. The van der Waals surface area contributed by atoms with E-state index in [1.807, 2.05) is 6.92 Å². The Balaban J connectivity index is 1.69. The van der Waals surface area contributed by atoms with Crippen LogP contribution in [0, 0.1) is 40.9 Å². The Hall–Kier alpha value is -0.810. The zero-order valence-corrected chi connectivity index (χ0v) is 21.2. The average molecular weight is 471 g/mol. The number of halogens is 3. The van der Waals surface area contributed by atoms with Crippen LogP contribution in [0.4, 0.5) is 13.2 Å². The van der Waals surface area contributed by atoms with E-state index in [2.05, 4.69) is 33.8 Å². The Morgan fingerprint density at radius 2 is 1.85 bits per heavy atom. The fourth-order valence-corrected chi connectivity index (χ4v) is 7.86. The van der Waals surface area contributed by atoms with Crippen molar-refractivity contribution in [2.75, 3.05) is 0 Å². The summed E-state index contributed by atoms with van der Waals surface area (Å²) in [5, 5.41) is 20.5. The van der Waals surface area contributed by atoms with Gasteiger partial charge in [-0.25, -0.2) is 0 Å². The van der Waals surface area contributed by atoms with Crippen molar-refractivity contribution in [1.82, 2.24) is 0 Å². The van der Waals surface area contributed by atoms with E-state index in [1.165, 1.54) is 18.4 Å². The summed E-state index contributed by atoms with van der Waals surface area (Å²) in [6.07, 6.45) is 6.98. The highest BCUT2D eigenvalue weighted by atomic mass is 19.4. The summed E-state index contributed by atoms with van der Waals surface area (Å²) in [6, 6.07) is 0. The Morgan fingerprint density at radius 3 is 2.45 bits per heavy atom. The van der Waals surface area contributed by atoms with Crippen molar-refractivity contribution in [3.63, 3.8) is 0 Å². The number of alkyl halides is 3. The van der Waals surface area contributed by atoms with E-state index >= 15 is 0 Å². The zero-order chi connectivity index (χ0) is 24.6. The number of aliphatic hydroxyl groups excluding tert-OH is 1. The second kappa shape index (κ2) is 10.0. The van der Waals surface area contributed by atoms with Crippen LogP contribution >= 0.6 is 0 Å². The third-order valence-corrected chi connectivity index (χ3v) is 9.85. The molecule has 190 valence electrons. The van der Waals surface area contributed by atoms with Crippen LogP contribution in [0.15, 0.2) is 23.8 Å². The van der Waals surface area contributed by atoms with E-state index in [0.717, 1.165) is 51.0 Å². The predicted molar refractivity (Wildman–Crippen MR) is 128 cm³/mol. The number of hydrogen-bond acceptors (Lipinski definition) is 2. The lowest BCUT2D eigenvalue weighted by atomic mass is 9.50. The molecule has 0 spiro atoms. The van der Waals surface area contributed by atoms with Crippen molar-refractivity contribution in [2.45, 2.75) is 110 Å². The molecule has 9 atom stereocenters. The SMILES string of the molecule is CCCC(O)(CC)CC1CCC2[C@H](CC[C@]3(C)C([C@H](C)/C=C/[C@@H](O)C(F)(F)F)=CC[C@@H]23)[C@@H]1C. The first kappa shape index (κ1) is 26.8. The van der Waals surface area contributed by atoms with E-state index < -0.39 is 17.9 Å². The van der Waals surface area contributed by atoms with Gasteiger partial charge in [0.1, 0.15) is 0 Å². The Morgan fingerprint density at radius 1 is 1.15 bits per heavy atom. The van der Waals surface area contributed by atoms with Gasteiger partial charge in [-0.15, -0.1) is 0 Å². The van der Waals surface area contributed by atoms with Crippen LogP contribution in [0.5, 0.6) is 0 Å². The van der Waals surface area contributed by atoms with Gasteiger partial charge >= 0.3 is 6.18 Å². The molecule has 0 aromatic carbocycles. The van der Waals surface area contributed by atoms with Crippen LogP contribution in [0.2, 0.25) is 0 Å². The highest BCUT2D eigenvalue weighted by Gasteiger charge is 2.54. The molecule has 2 nitrogen and oxygen atoms in total. The van der Waals surface area contributed by atoms with Crippen molar-refractivity contribution in [2.24, 2.45) is 40.9 Å². The summed E-state index contributed by atoms with van der Waals surface area (Å²) < 4.78 is 38.1. The first-order chi connectivity index (χ1) is 15.4. The zero-order valence-electron chi connectivity index (χ0n) is 21.2. The van der Waals surface area contributed by atoms with Crippen molar-refractivity contribution in [3.05, 3.63) is 23.8 Å². The Labute approximate surface area is 198 Å². The standard InChI is InChI=1S/C28H45F3O2/c1-6-15-27(33,7-2)17-20-9-10-22-21(19(20)4)14-16-26(5)23(11-12-24(22)26)18(3)8-13-25(32)28(29,30)31/h8,11,13,18-22,24-25,32-33H,6-7,9-10,12,14-17H2,1-5H3/b13-8+/t18-,19-,20?,21-,22?,24+,25-,26-,27?/m1/s1. The van der Waals surface area contributed by atoms with Crippen molar-refractivity contribution < 1.29 is 23.4 Å². The number of allylic oxidation sites excluding steroid dienone is 3. The minimum Gasteiger partial charge on any atom is -0.390 e. The van der Waals surface area contributed by atoms with E-state index in [4.69, 9.17) is 0 Å². The van der Waals surface area contributed by atoms with Gasteiger partial charge in [-0.05, 0) is 92.3 Å². The molecule has 3 aliphatic carbocycles. The van der Waals surface area contributed by atoms with Gasteiger partial charge in [0, 0.05) is 0 Å². The quantitative estimate of drug-likeness (QED) is 0.362. The summed E-state index contributed by atoms with van der Waals surface area (Å²) >= 11 is 0. The van der Waals surface area contributed by atoms with Gasteiger partial charge in [0.2, 0.25) is 0 Å². The molecule has 0 saturated heterocycles. The predicted octanol–water partition coefficient (Wildman–Crippen LogP) is 7.46. The topological polar surface area (TPSA) is 40.5 Å². The molecule has 0 bridgehead atoms. The lowest BCUT2D eigenvalue weighted by Gasteiger charge is -2.54. The van der Waals surface area contributed by atoms with Gasteiger partial charge in [0.05, 0.1) is 5.60 Å². The van der Waals surface area contributed by atoms with Gasteiger partial charge in [-0.1, -0.05) is 64.8 Å². The van der Waals surface area contributed by atoms with Gasteiger partial charge < -0.3 is 10.2 Å². The van der Waals surface area contributed by atoms with Crippen molar-refractivity contribution in [3.8, 4) is 0 Å². The van der Waals surface area contributed by atoms with Crippen molar-refractivity contribution in [1.29, 1.82) is 0 Å². The van der Waals surface area contributed by atoms with Gasteiger partial charge in [-0.3, -0.25) is 0 Å². The maximum atomic E-state index is 12.7. The minimum atomic E-state index is -4.61. The number of hydrogen-bond donors (Lipinski definition) is 2. The van der Waals surface area contributed by atoms with Crippen LogP contribution in [0.1, 0.15) is 92.4 Å². The Kier molecular flexibility index (Phi) is 8.16. The lowest BCUT2D eigenvalue weighted by molar-refractivity contribution is -0.187. The molecule has 5 heteroatoms. The molecule has 0 aliphatic heterocycles. The highest BCUT2D eigenvalue weighted by molar-refractivity contribution is 5.29. The molecule has 3 rings (SSSR count). The first-order valence-electron chi connectivity index (χ1n) is 13.2. The van der Waals surface area contributed by atoms with Crippen LogP contribution in [0.3, 0.4) is 0 Å². The van der Waals surface area contributed by atoms with E-state index in [1.54, 1.807) is 6.08 Å². The summed E-state index contributed by atoms with van der Waals surface area (Å²) in [5.41, 5.74) is 0.760. The van der Waals surface area contributed by atoms with E-state index in [0.29, 0.717) is 29.6 Å². The molecular formula is C28H45F3O2. The highest BCUT2D eigenvalue weighted by Crippen LogP contribution is 2.62. The smallest absolute Gasteiger partial charge is 0.390 e. The van der Waals surface area contributed by atoms with Gasteiger partial charge in [0.15, 0.2) is 6.10 Å². The molecule has 2 saturated carbocycles. The fraction of sp³-hybridized carbons (Fsp3) is 0.857. The molecule has 3 aliphatic rings. The summed E-state index contributed by atoms with van der Waals surface area (Å²) in [5.74, 6) is 2.96.